The highest BCUT2D eigenvalue weighted by Crippen LogP contribution is 2.18. The average molecular weight is 382 g/mol. The number of fused-ring (bicyclic) bond motifs is 1. The Labute approximate surface area is 165 Å². The first-order valence-corrected chi connectivity index (χ1v) is 9.62. The van der Waals surface area contributed by atoms with Crippen molar-refractivity contribution in [3.8, 4) is 0 Å². The molecule has 0 atom stereocenters. The van der Waals surface area contributed by atoms with Crippen LogP contribution >= 0.6 is 0 Å². The summed E-state index contributed by atoms with van der Waals surface area (Å²) in [6, 6.07) is 9.61. The van der Waals surface area contributed by atoms with Gasteiger partial charge in [0.1, 0.15) is 5.69 Å². The number of nitrogens with zero attached hydrogens (tertiary/aromatic N) is 5. The van der Waals surface area contributed by atoms with E-state index in [1.54, 1.807) is 12.4 Å². The normalized spacial score (nSPS) is 11.1. The van der Waals surface area contributed by atoms with Gasteiger partial charge in [-0.3, -0.25) is 4.79 Å². The minimum absolute atomic E-state index is 0.136. The fraction of sp³-hybridized carbons (Fsp3) is 0.400. The van der Waals surface area contributed by atoms with Gasteiger partial charge < -0.3 is 15.5 Å². The van der Waals surface area contributed by atoms with Crippen LogP contribution in [-0.4, -0.2) is 51.8 Å². The lowest BCUT2D eigenvalue weighted by Gasteiger charge is -2.17. The second-order valence-corrected chi connectivity index (χ2v) is 6.67. The fourth-order valence-corrected chi connectivity index (χ4v) is 2.99. The predicted octanol–water partition coefficient (Wildman–Crippen LogP) is 1.40. The Balaban J connectivity index is 1.61. The number of benzene rings is 1. The van der Waals surface area contributed by atoms with Crippen LogP contribution in [-0.2, 0) is 13.7 Å². The van der Waals surface area contributed by atoms with Crippen molar-refractivity contribution < 1.29 is 9.36 Å². The van der Waals surface area contributed by atoms with Gasteiger partial charge in [0.25, 0.3) is 12.2 Å². The van der Waals surface area contributed by atoms with Crippen molar-refractivity contribution in [1.82, 2.24) is 25.0 Å². The van der Waals surface area contributed by atoms with Crippen LogP contribution in [0.15, 0.2) is 43.0 Å². The number of hydrogen-bond donors (Lipinski definition) is 2. The average Bonchev–Trinajstić information content (AvgIpc) is 3.14. The van der Waals surface area contributed by atoms with E-state index in [-0.39, 0.29) is 5.91 Å². The number of rotatable bonds is 9. The van der Waals surface area contributed by atoms with Gasteiger partial charge in [-0.05, 0) is 37.4 Å². The number of amides is 1. The Bertz CT molecular complexity index is 933. The number of pyridine rings is 1. The molecule has 2 aromatic heterocycles. The van der Waals surface area contributed by atoms with Gasteiger partial charge >= 0.3 is 0 Å². The molecule has 2 heterocycles. The van der Waals surface area contributed by atoms with Crippen molar-refractivity contribution >= 4 is 22.5 Å². The Kier molecular flexibility index (Phi) is 6.54. The van der Waals surface area contributed by atoms with E-state index in [2.05, 4.69) is 39.5 Å². The van der Waals surface area contributed by atoms with Gasteiger partial charge in [-0.1, -0.05) is 24.6 Å². The van der Waals surface area contributed by atoms with Crippen molar-refractivity contribution in [3.63, 3.8) is 0 Å². The van der Waals surface area contributed by atoms with Crippen LogP contribution in [0.2, 0.25) is 0 Å². The number of likely N-dealkylation sites (N-methyl/N-ethyl adjacent to an activating group) is 1. The summed E-state index contributed by atoms with van der Waals surface area (Å²) < 4.78 is 3.70. The summed E-state index contributed by atoms with van der Waals surface area (Å²) in [6.07, 6.45) is 3.65. The van der Waals surface area contributed by atoms with Crippen LogP contribution in [0.25, 0.3) is 10.9 Å². The zero-order valence-electron chi connectivity index (χ0n) is 16.7. The van der Waals surface area contributed by atoms with Gasteiger partial charge in [-0.25, -0.2) is 9.55 Å². The number of hydrogen-bond acceptors (Lipinski definition) is 5. The first kappa shape index (κ1) is 19.8. The van der Waals surface area contributed by atoms with E-state index in [0.29, 0.717) is 18.9 Å². The molecule has 2 N–H and O–H groups in total. The zero-order valence-corrected chi connectivity index (χ0v) is 16.7. The molecule has 28 heavy (non-hydrogen) atoms. The number of anilines is 1. The maximum Gasteiger partial charge on any atom is 0.269 e. The molecule has 0 aliphatic heterocycles. The van der Waals surface area contributed by atoms with Crippen LogP contribution in [0, 0.1) is 0 Å². The molecular formula is C20H28N7O+. The minimum atomic E-state index is -0.136. The maximum absolute atomic E-state index is 12.4. The van der Waals surface area contributed by atoms with Crippen molar-refractivity contribution in [1.29, 1.82) is 0 Å². The van der Waals surface area contributed by atoms with Crippen LogP contribution < -0.4 is 15.2 Å². The lowest BCUT2D eigenvalue weighted by molar-refractivity contribution is -0.672. The Morgan fingerprint density at radius 3 is 2.75 bits per heavy atom. The van der Waals surface area contributed by atoms with Gasteiger partial charge in [0.15, 0.2) is 6.67 Å². The quantitative estimate of drug-likeness (QED) is 0.547. The third-order valence-electron chi connectivity index (χ3n) is 4.67. The van der Waals surface area contributed by atoms with Crippen molar-refractivity contribution in [2.75, 3.05) is 31.5 Å². The van der Waals surface area contributed by atoms with Gasteiger partial charge in [0, 0.05) is 29.3 Å². The highest BCUT2D eigenvalue weighted by atomic mass is 16.1. The molecule has 0 fully saturated rings. The largest absolute Gasteiger partial charge is 0.353 e. The van der Waals surface area contributed by atoms with Crippen molar-refractivity contribution in [2.45, 2.75) is 20.5 Å². The number of carbonyl (C=O) groups excluding carboxylic acids is 1. The summed E-state index contributed by atoms with van der Waals surface area (Å²) in [4.78, 5) is 19.1. The predicted molar refractivity (Wildman–Crippen MR) is 109 cm³/mol. The molecule has 0 radical (unpaired) electrons. The number of nitrogens with one attached hydrogen (secondary N) is 2. The molecule has 0 spiro atoms. The second kappa shape index (κ2) is 9.27. The second-order valence-electron chi connectivity index (χ2n) is 6.67. The summed E-state index contributed by atoms with van der Waals surface area (Å²) >= 11 is 0. The lowest BCUT2D eigenvalue weighted by atomic mass is 10.1. The highest BCUT2D eigenvalue weighted by Gasteiger charge is 2.09. The molecule has 1 aromatic carbocycles. The van der Waals surface area contributed by atoms with E-state index in [4.69, 9.17) is 0 Å². The van der Waals surface area contributed by atoms with Gasteiger partial charge in [0.2, 0.25) is 6.33 Å². The zero-order chi connectivity index (χ0) is 19.9. The summed E-state index contributed by atoms with van der Waals surface area (Å²) in [5, 5.41) is 11.5. The van der Waals surface area contributed by atoms with E-state index in [1.807, 2.05) is 46.9 Å². The smallest absolute Gasteiger partial charge is 0.269 e. The standard InChI is InChI=1S/C20H27N7O/c1-4-26(5-2)11-10-21-20(28)19-8-6-16-12-17(7-9-18(16)24-19)22-13-27-15-25(3)14-23-27/h6-9,12,14-15H,4-5,10-11,13H2,1-3H3,(H-,21,22,28)/p+1. The van der Waals surface area contributed by atoms with Crippen LogP contribution in [0.4, 0.5) is 5.69 Å². The van der Waals surface area contributed by atoms with Crippen LogP contribution in [0.1, 0.15) is 24.3 Å². The molecule has 0 saturated heterocycles. The van der Waals surface area contributed by atoms with Gasteiger partial charge in [0.05, 0.1) is 12.6 Å². The molecule has 1 amide bonds. The molecule has 3 aromatic rings. The Hall–Kier alpha value is -3.00. The summed E-state index contributed by atoms with van der Waals surface area (Å²) in [5.41, 5.74) is 2.22. The number of aryl methyl sites for hydroxylation is 1. The van der Waals surface area contributed by atoms with Gasteiger partial charge in [-0.2, -0.15) is 0 Å². The molecule has 3 rings (SSSR count). The van der Waals surface area contributed by atoms with E-state index < -0.39 is 0 Å². The summed E-state index contributed by atoms with van der Waals surface area (Å²) in [6.45, 7) is 8.24. The monoisotopic (exact) mass is 382 g/mol. The molecule has 148 valence electrons. The van der Waals surface area contributed by atoms with Crippen molar-refractivity contribution in [3.05, 3.63) is 48.7 Å². The van der Waals surface area contributed by atoms with E-state index in [9.17, 15) is 4.79 Å². The Morgan fingerprint density at radius 1 is 1.21 bits per heavy atom. The topological polar surface area (TPSA) is 79.0 Å². The molecule has 0 unspecified atom stereocenters. The third kappa shape index (κ3) is 5.04. The first-order valence-electron chi connectivity index (χ1n) is 9.62. The minimum Gasteiger partial charge on any atom is -0.353 e. The third-order valence-corrected chi connectivity index (χ3v) is 4.67. The van der Waals surface area contributed by atoms with Crippen molar-refractivity contribution in [2.24, 2.45) is 7.05 Å². The van der Waals surface area contributed by atoms with Gasteiger partial charge in [-0.15, -0.1) is 0 Å². The summed E-state index contributed by atoms with van der Waals surface area (Å²) in [5.74, 6) is -0.136. The molecule has 0 bridgehead atoms. The van der Waals surface area contributed by atoms with Crippen LogP contribution in [0.5, 0.6) is 0 Å². The Morgan fingerprint density at radius 2 is 2.04 bits per heavy atom. The molecule has 8 heteroatoms. The van der Waals surface area contributed by atoms with Crippen LogP contribution in [0.3, 0.4) is 0 Å². The molecule has 0 saturated carbocycles. The van der Waals surface area contributed by atoms with E-state index >= 15 is 0 Å². The lowest BCUT2D eigenvalue weighted by Crippen LogP contribution is -2.35. The number of carbonyl (C=O) groups is 1. The maximum atomic E-state index is 12.4. The number of aromatic nitrogens is 4. The molecular weight excluding hydrogens is 354 g/mol. The highest BCUT2D eigenvalue weighted by molar-refractivity contribution is 5.95. The molecule has 8 nitrogen and oxygen atoms in total. The first-order chi connectivity index (χ1) is 13.6. The SMILES string of the molecule is CCN(CC)CCNC(=O)c1ccc2cc(NCn3c[n+](C)cn3)ccc2n1. The molecule has 0 aliphatic rings. The van der Waals surface area contributed by atoms with E-state index in [0.717, 1.165) is 36.2 Å². The fourth-order valence-electron chi connectivity index (χ4n) is 2.99. The summed E-state index contributed by atoms with van der Waals surface area (Å²) in [7, 11) is 1.93. The molecule has 0 aliphatic carbocycles. The van der Waals surface area contributed by atoms with E-state index in [1.165, 1.54) is 0 Å².